The fourth-order valence-corrected chi connectivity index (χ4v) is 7.60. The second-order valence-corrected chi connectivity index (χ2v) is 11.3. The van der Waals surface area contributed by atoms with Gasteiger partial charge in [0.2, 0.25) is 0 Å². The van der Waals surface area contributed by atoms with Crippen LogP contribution in [0.5, 0.6) is 0 Å². The average molecular weight is 515 g/mol. The first kappa shape index (κ1) is 21.1. The van der Waals surface area contributed by atoms with Gasteiger partial charge in [-0.2, -0.15) is 0 Å². The molecule has 0 saturated heterocycles. The third-order valence-electron chi connectivity index (χ3n) is 8.14. The van der Waals surface area contributed by atoms with Gasteiger partial charge in [-0.1, -0.05) is 72.8 Å². The Morgan fingerprint density at radius 3 is 2.15 bits per heavy atom. The van der Waals surface area contributed by atoms with Gasteiger partial charge in [-0.05, 0) is 65.4 Å². The maximum Gasteiger partial charge on any atom is 0.0640 e. The molecule has 0 spiro atoms. The second kappa shape index (κ2) is 7.83. The summed E-state index contributed by atoms with van der Waals surface area (Å²) in [6, 6.07) is 46.5. The molecule has 9 rings (SSSR count). The van der Waals surface area contributed by atoms with Crippen molar-refractivity contribution in [2.24, 2.45) is 0 Å². The molecular formula is C36H22N2S. The summed E-state index contributed by atoms with van der Waals surface area (Å²) >= 11 is 1.89. The van der Waals surface area contributed by atoms with E-state index in [4.69, 9.17) is 0 Å². The Bertz CT molecular complexity index is 2390. The van der Waals surface area contributed by atoms with Crippen LogP contribution in [0.2, 0.25) is 0 Å². The number of aromatic nitrogens is 2. The molecule has 0 amide bonds. The molecule has 0 saturated carbocycles. The van der Waals surface area contributed by atoms with Crippen LogP contribution in [0.15, 0.2) is 134 Å². The van der Waals surface area contributed by atoms with Crippen LogP contribution >= 0.6 is 11.3 Å². The van der Waals surface area contributed by atoms with Crippen molar-refractivity contribution >= 4 is 75.0 Å². The molecule has 0 fully saturated rings. The van der Waals surface area contributed by atoms with Crippen molar-refractivity contribution in [3.63, 3.8) is 0 Å². The lowest BCUT2D eigenvalue weighted by Crippen LogP contribution is -1.94. The third-order valence-corrected chi connectivity index (χ3v) is 9.35. The molecular weight excluding hydrogens is 492 g/mol. The minimum atomic E-state index is 1.18. The van der Waals surface area contributed by atoms with E-state index in [-0.39, 0.29) is 0 Å². The van der Waals surface area contributed by atoms with Crippen molar-refractivity contribution in [1.82, 2.24) is 9.13 Å². The van der Waals surface area contributed by atoms with E-state index < -0.39 is 0 Å². The first-order chi connectivity index (χ1) is 19.3. The number of hydrogen-bond acceptors (Lipinski definition) is 1. The van der Waals surface area contributed by atoms with E-state index >= 15 is 0 Å². The summed E-state index contributed by atoms with van der Waals surface area (Å²) in [6.45, 7) is 0. The molecule has 0 atom stereocenters. The predicted octanol–water partition coefficient (Wildman–Crippen LogP) is 10.2. The van der Waals surface area contributed by atoms with Crippen LogP contribution in [-0.2, 0) is 0 Å². The third kappa shape index (κ3) is 2.91. The minimum absolute atomic E-state index is 1.18. The van der Waals surface area contributed by atoms with E-state index in [0.717, 1.165) is 0 Å². The fourth-order valence-electron chi connectivity index (χ4n) is 6.40. The van der Waals surface area contributed by atoms with E-state index in [1.165, 1.54) is 75.0 Å². The molecule has 39 heavy (non-hydrogen) atoms. The van der Waals surface area contributed by atoms with Crippen molar-refractivity contribution < 1.29 is 0 Å². The van der Waals surface area contributed by atoms with E-state index in [1.807, 2.05) is 11.3 Å². The molecule has 0 aliphatic heterocycles. The van der Waals surface area contributed by atoms with E-state index in [1.54, 1.807) is 0 Å². The lowest BCUT2D eigenvalue weighted by Gasteiger charge is -2.10. The predicted molar refractivity (Wildman–Crippen MR) is 168 cm³/mol. The standard InChI is InChI=1S/C36H22N2S/c1-2-9-24(10-3-1)37-20-19-26-29-22-30-25-11-4-6-14-32(25)38(34(30)21-23(29)17-18-31(26)37)33-15-8-13-28-27-12-5-7-16-35(27)39-36(28)33/h1-22H. The molecule has 0 aliphatic rings. The SMILES string of the molecule is c1ccc(-n2ccc3c4cc5c6ccccc6n(-c6cccc7c6sc6ccccc67)c5cc4ccc32)cc1. The highest BCUT2D eigenvalue weighted by molar-refractivity contribution is 7.26. The molecule has 0 aliphatic carbocycles. The number of thiophene rings is 1. The van der Waals surface area contributed by atoms with Crippen molar-refractivity contribution in [1.29, 1.82) is 0 Å². The van der Waals surface area contributed by atoms with Crippen molar-refractivity contribution in [3.05, 3.63) is 134 Å². The van der Waals surface area contributed by atoms with Gasteiger partial charge >= 0.3 is 0 Å². The molecule has 3 heterocycles. The maximum atomic E-state index is 2.47. The molecule has 6 aromatic carbocycles. The Balaban J connectivity index is 1.38. The van der Waals surface area contributed by atoms with Crippen LogP contribution in [0.1, 0.15) is 0 Å². The minimum Gasteiger partial charge on any atom is -0.317 e. The van der Waals surface area contributed by atoms with Gasteiger partial charge in [0.15, 0.2) is 0 Å². The van der Waals surface area contributed by atoms with Gasteiger partial charge in [-0.15, -0.1) is 11.3 Å². The van der Waals surface area contributed by atoms with Crippen LogP contribution < -0.4 is 0 Å². The van der Waals surface area contributed by atoms with E-state index in [2.05, 4.69) is 143 Å². The Labute approximate surface area is 228 Å². The fraction of sp³-hybridized carbons (Fsp3) is 0. The Morgan fingerprint density at radius 1 is 0.462 bits per heavy atom. The zero-order valence-electron chi connectivity index (χ0n) is 21.0. The number of para-hydroxylation sites is 2. The number of hydrogen-bond donors (Lipinski definition) is 0. The van der Waals surface area contributed by atoms with Crippen LogP contribution in [0.3, 0.4) is 0 Å². The lowest BCUT2D eigenvalue weighted by atomic mass is 10.0. The smallest absolute Gasteiger partial charge is 0.0640 e. The zero-order valence-corrected chi connectivity index (χ0v) is 21.8. The van der Waals surface area contributed by atoms with Crippen LogP contribution in [0.25, 0.3) is 75.0 Å². The first-order valence-electron chi connectivity index (χ1n) is 13.3. The molecule has 0 radical (unpaired) electrons. The summed E-state index contributed by atoms with van der Waals surface area (Å²) in [4.78, 5) is 0. The first-order valence-corrected chi connectivity index (χ1v) is 14.1. The molecule has 9 aromatic rings. The van der Waals surface area contributed by atoms with Gasteiger partial charge in [-0.25, -0.2) is 0 Å². The van der Waals surface area contributed by atoms with E-state index in [9.17, 15) is 0 Å². The topological polar surface area (TPSA) is 9.86 Å². The largest absolute Gasteiger partial charge is 0.317 e. The Morgan fingerprint density at radius 2 is 1.23 bits per heavy atom. The summed E-state index contributed by atoms with van der Waals surface area (Å²) in [5, 5.41) is 9.05. The van der Waals surface area contributed by atoms with Crippen molar-refractivity contribution in [2.75, 3.05) is 0 Å². The highest BCUT2D eigenvalue weighted by Crippen LogP contribution is 2.42. The van der Waals surface area contributed by atoms with Crippen molar-refractivity contribution in [2.45, 2.75) is 0 Å². The summed E-state index contributed by atoms with van der Waals surface area (Å²) in [6.07, 6.45) is 2.19. The number of fused-ring (bicyclic) bond motifs is 9. The number of nitrogens with zero attached hydrogens (tertiary/aromatic N) is 2. The van der Waals surface area contributed by atoms with Crippen molar-refractivity contribution in [3.8, 4) is 11.4 Å². The molecule has 0 N–H and O–H groups in total. The van der Waals surface area contributed by atoms with E-state index in [0.29, 0.717) is 0 Å². The average Bonchev–Trinajstić information content (AvgIpc) is 3.68. The second-order valence-electron chi connectivity index (χ2n) is 10.2. The number of benzene rings is 6. The summed E-state index contributed by atoms with van der Waals surface area (Å²) in [5.74, 6) is 0. The van der Waals surface area contributed by atoms with Crippen LogP contribution in [-0.4, -0.2) is 9.13 Å². The summed E-state index contributed by atoms with van der Waals surface area (Å²) < 4.78 is 7.42. The van der Waals surface area contributed by atoms with Gasteiger partial charge in [-0.3, -0.25) is 0 Å². The van der Waals surface area contributed by atoms with Gasteiger partial charge in [0, 0.05) is 43.5 Å². The molecule has 3 aromatic heterocycles. The van der Waals surface area contributed by atoms with Gasteiger partial charge in [0.1, 0.15) is 0 Å². The Kier molecular flexibility index (Phi) is 4.24. The van der Waals surface area contributed by atoms with Gasteiger partial charge in [0.25, 0.3) is 0 Å². The number of rotatable bonds is 2. The molecule has 3 heteroatoms. The lowest BCUT2D eigenvalue weighted by molar-refractivity contribution is 1.13. The summed E-state index contributed by atoms with van der Waals surface area (Å²) in [5.41, 5.74) is 6.14. The molecule has 0 bridgehead atoms. The monoisotopic (exact) mass is 514 g/mol. The van der Waals surface area contributed by atoms with Crippen LogP contribution in [0, 0.1) is 0 Å². The molecule has 2 nitrogen and oxygen atoms in total. The maximum absolute atomic E-state index is 2.47. The highest BCUT2D eigenvalue weighted by atomic mass is 32.1. The van der Waals surface area contributed by atoms with Gasteiger partial charge in [0.05, 0.1) is 26.9 Å². The van der Waals surface area contributed by atoms with Crippen LogP contribution in [0.4, 0.5) is 0 Å². The highest BCUT2D eigenvalue weighted by Gasteiger charge is 2.18. The Hall–Kier alpha value is -4.86. The molecule has 0 unspecified atom stereocenters. The molecule has 182 valence electrons. The van der Waals surface area contributed by atoms with Gasteiger partial charge < -0.3 is 9.13 Å². The zero-order chi connectivity index (χ0) is 25.5. The quantitative estimate of drug-likeness (QED) is 0.217. The normalized spacial score (nSPS) is 12.1. The summed E-state index contributed by atoms with van der Waals surface area (Å²) in [7, 11) is 0.